The standard InChI is InChI=1S/C13H17N5O5/c1-2-20-13-22-8-6(3-19)21-12(9(8)23-13)18-5-17-7-10(14)15-4-16-11(7)18/h4-6,8-9,12-13,19H,2-3H2,1H3,(H2,14,15,16)/t6-,8-,9-,12-,13?/m0/s1. The summed E-state index contributed by atoms with van der Waals surface area (Å²) in [6.45, 7) is 1.34. The molecule has 4 heterocycles. The van der Waals surface area contributed by atoms with E-state index in [1.54, 1.807) is 10.9 Å². The van der Waals surface area contributed by atoms with E-state index in [0.717, 1.165) is 0 Å². The molecule has 0 bridgehead atoms. The first-order valence-electron chi connectivity index (χ1n) is 7.34. The molecule has 2 aliphatic rings. The van der Waals surface area contributed by atoms with Crippen molar-refractivity contribution in [3.63, 3.8) is 0 Å². The molecule has 1 unspecified atom stereocenters. The topological polar surface area (TPSA) is 127 Å². The number of rotatable bonds is 4. The lowest BCUT2D eigenvalue weighted by molar-refractivity contribution is -0.265. The van der Waals surface area contributed by atoms with E-state index in [4.69, 9.17) is 24.7 Å². The molecule has 10 heteroatoms. The van der Waals surface area contributed by atoms with Crippen molar-refractivity contribution in [1.82, 2.24) is 19.5 Å². The highest BCUT2D eigenvalue weighted by Gasteiger charge is 2.54. The Morgan fingerprint density at radius 3 is 2.87 bits per heavy atom. The molecule has 0 aromatic carbocycles. The molecule has 2 aliphatic heterocycles. The van der Waals surface area contributed by atoms with Gasteiger partial charge in [-0.05, 0) is 6.92 Å². The van der Waals surface area contributed by atoms with Gasteiger partial charge in [0.05, 0.1) is 12.9 Å². The van der Waals surface area contributed by atoms with Crippen molar-refractivity contribution < 1.29 is 24.1 Å². The van der Waals surface area contributed by atoms with Gasteiger partial charge < -0.3 is 29.8 Å². The quantitative estimate of drug-likeness (QED) is 0.758. The molecule has 2 saturated heterocycles. The molecule has 0 aliphatic carbocycles. The molecule has 0 spiro atoms. The van der Waals surface area contributed by atoms with Crippen LogP contribution in [0.4, 0.5) is 5.82 Å². The summed E-state index contributed by atoms with van der Waals surface area (Å²) in [6, 6.07) is 0. The zero-order valence-electron chi connectivity index (χ0n) is 12.4. The van der Waals surface area contributed by atoms with Crippen LogP contribution in [-0.2, 0) is 18.9 Å². The van der Waals surface area contributed by atoms with Crippen molar-refractivity contribution in [3.8, 4) is 0 Å². The van der Waals surface area contributed by atoms with Gasteiger partial charge in [0.15, 0.2) is 17.7 Å². The number of hydrogen-bond donors (Lipinski definition) is 2. The van der Waals surface area contributed by atoms with Crippen molar-refractivity contribution in [2.45, 2.75) is 37.9 Å². The van der Waals surface area contributed by atoms with Crippen molar-refractivity contribution in [2.75, 3.05) is 18.9 Å². The van der Waals surface area contributed by atoms with Gasteiger partial charge in [-0.3, -0.25) is 4.57 Å². The van der Waals surface area contributed by atoms with Gasteiger partial charge in [-0.25, -0.2) is 15.0 Å². The highest BCUT2D eigenvalue weighted by atomic mass is 16.9. The van der Waals surface area contributed by atoms with Crippen molar-refractivity contribution >= 4 is 17.0 Å². The van der Waals surface area contributed by atoms with E-state index in [0.29, 0.717) is 17.8 Å². The lowest BCUT2D eigenvalue weighted by atomic mass is 10.1. The van der Waals surface area contributed by atoms with Gasteiger partial charge in [0.2, 0.25) is 0 Å². The SMILES string of the molecule is CCOC1O[C@@H]2[C@H](O1)[C@@H](n1cnc3c(N)ncnc31)O[C@H]2CO. The first kappa shape index (κ1) is 14.7. The summed E-state index contributed by atoms with van der Waals surface area (Å²) < 4.78 is 24.4. The van der Waals surface area contributed by atoms with E-state index in [9.17, 15) is 5.11 Å². The molecule has 0 saturated carbocycles. The smallest absolute Gasteiger partial charge is 0.272 e. The van der Waals surface area contributed by atoms with Crippen LogP contribution in [0.1, 0.15) is 13.2 Å². The Morgan fingerprint density at radius 2 is 2.09 bits per heavy atom. The fourth-order valence-electron chi connectivity index (χ4n) is 2.95. The van der Waals surface area contributed by atoms with E-state index in [2.05, 4.69) is 15.0 Å². The summed E-state index contributed by atoms with van der Waals surface area (Å²) in [5.74, 6) is 0.290. The summed E-state index contributed by atoms with van der Waals surface area (Å²) in [6.07, 6.45) is 0.972. The molecule has 5 atom stereocenters. The van der Waals surface area contributed by atoms with Crippen LogP contribution in [0.3, 0.4) is 0 Å². The first-order chi connectivity index (χ1) is 11.2. The van der Waals surface area contributed by atoms with Gasteiger partial charge in [-0.15, -0.1) is 0 Å². The second-order valence-electron chi connectivity index (χ2n) is 5.28. The fourth-order valence-corrected chi connectivity index (χ4v) is 2.95. The molecule has 2 aromatic heterocycles. The monoisotopic (exact) mass is 323 g/mol. The zero-order valence-corrected chi connectivity index (χ0v) is 12.4. The number of fused-ring (bicyclic) bond motifs is 2. The van der Waals surface area contributed by atoms with E-state index in [1.807, 2.05) is 6.92 Å². The normalized spacial score (nSPS) is 33.4. The van der Waals surface area contributed by atoms with Crippen LogP contribution in [0.2, 0.25) is 0 Å². The second-order valence-corrected chi connectivity index (χ2v) is 5.28. The van der Waals surface area contributed by atoms with Crippen LogP contribution in [0.5, 0.6) is 0 Å². The van der Waals surface area contributed by atoms with Crippen molar-refractivity contribution in [3.05, 3.63) is 12.7 Å². The summed E-state index contributed by atoms with van der Waals surface area (Å²) >= 11 is 0. The predicted molar refractivity (Wildman–Crippen MR) is 75.9 cm³/mol. The lowest BCUT2D eigenvalue weighted by Gasteiger charge is -2.20. The van der Waals surface area contributed by atoms with Crippen molar-refractivity contribution in [2.24, 2.45) is 0 Å². The minimum atomic E-state index is -0.773. The summed E-state index contributed by atoms with van der Waals surface area (Å²) in [5, 5.41) is 9.53. The molecule has 10 nitrogen and oxygen atoms in total. The minimum Gasteiger partial charge on any atom is -0.394 e. The summed E-state index contributed by atoms with van der Waals surface area (Å²) in [4.78, 5) is 12.3. The molecule has 124 valence electrons. The predicted octanol–water partition coefficient (Wildman–Crippen LogP) is -0.598. The number of imidazole rings is 1. The molecule has 4 rings (SSSR count). The highest BCUT2D eigenvalue weighted by molar-refractivity contribution is 5.81. The van der Waals surface area contributed by atoms with Crippen LogP contribution >= 0.6 is 0 Å². The molecule has 23 heavy (non-hydrogen) atoms. The van der Waals surface area contributed by atoms with Gasteiger partial charge >= 0.3 is 0 Å². The number of hydrogen-bond acceptors (Lipinski definition) is 9. The maximum atomic E-state index is 9.53. The molecule has 0 amide bonds. The number of aliphatic hydroxyl groups excluding tert-OH is 1. The third-order valence-electron chi connectivity index (χ3n) is 3.97. The van der Waals surface area contributed by atoms with Gasteiger partial charge in [0.25, 0.3) is 6.48 Å². The van der Waals surface area contributed by atoms with E-state index < -0.39 is 31.0 Å². The van der Waals surface area contributed by atoms with Crippen LogP contribution in [0, 0.1) is 0 Å². The van der Waals surface area contributed by atoms with E-state index >= 15 is 0 Å². The summed E-state index contributed by atoms with van der Waals surface area (Å²) in [5.41, 5.74) is 6.82. The first-order valence-corrected chi connectivity index (χ1v) is 7.34. The Hall–Kier alpha value is -1.85. The summed E-state index contributed by atoms with van der Waals surface area (Å²) in [7, 11) is 0. The maximum absolute atomic E-state index is 9.53. The van der Waals surface area contributed by atoms with Crippen LogP contribution < -0.4 is 5.73 Å². The van der Waals surface area contributed by atoms with Crippen LogP contribution in [0.25, 0.3) is 11.2 Å². The average molecular weight is 323 g/mol. The zero-order chi connectivity index (χ0) is 16.0. The number of aromatic nitrogens is 4. The van der Waals surface area contributed by atoms with E-state index in [1.165, 1.54) is 6.33 Å². The number of nitrogen functional groups attached to an aromatic ring is 1. The number of nitrogens with zero attached hydrogens (tertiary/aromatic N) is 4. The van der Waals surface area contributed by atoms with Crippen molar-refractivity contribution in [1.29, 1.82) is 0 Å². The van der Waals surface area contributed by atoms with Crippen LogP contribution in [-0.4, -0.2) is 62.6 Å². The third-order valence-corrected chi connectivity index (χ3v) is 3.97. The lowest BCUT2D eigenvalue weighted by Crippen LogP contribution is -2.31. The van der Waals surface area contributed by atoms with E-state index in [-0.39, 0.29) is 12.4 Å². The Labute approximate surface area is 131 Å². The van der Waals surface area contributed by atoms with Gasteiger partial charge in [0.1, 0.15) is 30.2 Å². The number of nitrogens with two attached hydrogens (primary N) is 1. The second kappa shape index (κ2) is 5.65. The maximum Gasteiger partial charge on any atom is 0.272 e. The molecular formula is C13H17N5O5. The number of anilines is 1. The number of aliphatic hydroxyl groups is 1. The van der Waals surface area contributed by atoms with Crippen LogP contribution in [0.15, 0.2) is 12.7 Å². The largest absolute Gasteiger partial charge is 0.394 e. The average Bonchev–Trinajstić information content (AvgIpc) is 3.21. The third kappa shape index (κ3) is 2.26. The highest BCUT2D eigenvalue weighted by Crippen LogP contribution is 2.40. The Bertz CT molecular complexity index is 709. The molecule has 3 N–H and O–H groups in total. The Morgan fingerprint density at radius 1 is 1.26 bits per heavy atom. The fraction of sp³-hybridized carbons (Fsp3) is 0.615. The molecule has 0 radical (unpaired) electrons. The Balaban J connectivity index is 1.69. The minimum absolute atomic E-state index is 0.191. The van der Waals surface area contributed by atoms with Gasteiger partial charge in [-0.2, -0.15) is 0 Å². The number of ether oxygens (including phenoxy) is 4. The van der Waals surface area contributed by atoms with Gasteiger partial charge in [-0.1, -0.05) is 0 Å². The van der Waals surface area contributed by atoms with Gasteiger partial charge in [0, 0.05) is 6.61 Å². The molecular weight excluding hydrogens is 306 g/mol. The molecule has 2 aromatic rings. The molecule has 2 fully saturated rings. The Kier molecular flexibility index (Phi) is 3.62.